The summed E-state index contributed by atoms with van der Waals surface area (Å²) in [6.45, 7) is 20.5. The minimum atomic E-state index is -2.42. The van der Waals surface area contributed by atoms with Crippen molar-refractivity contribution in [1.82, 2.24) is 5.32 Å². The molecule has 8 nitrogen and oxygen atoms in total. The van der Waals surface area contributed by atoms with Gasteiger partial charge >= 0.3 is 18.0 Å². The van der Waals surface area contributed by atoms with Gasteiger partial charge in [-0.15, -0.1) is 0 Å². The van der Waals surface area contributed by atoms with Crippen molar-refractivity contribution in [3.8, 4) is 0 Å². The summed E-state index contributed by atoms with van der Waals surface area (Å²) in [7, 11) is -1.21. The van der Waals surface area contributed by atoms with Crippen LogP contribution in [0.3, 0.4) is 0 Å². The monoisotopic (exact) mass is 447 g/mol. The summed E-state index contributed by atoms with van der Waals surface area (Å²) in [5.74, 6) is -1.26. The fourth-order valence-corrected chi connectivity index (χ4v) is 3.53. The third kappa shape index (κ3) is 10.4. The van der Waals surface area contributed by atoms with Gasteiger partial charge in [0.2, 0.25) is 0 Å². The number of alkyl carbamates (subject to hydrolysis) is 1. The van der Waals surface area contributed by atoms with Gasteiger partial charge in [-0.3, -0.25) is 4.79 Å². The summed E-state index contributed by atoms with van der Waals surface area (Å²) >= 11 is 0. The van der Waals surface area contributed by atoms with Crippen molar-refractivity contribution >= 4 is 26.3 Å². The molecular weight excluding hydrogens is 406 g/mol. The van der Waals surface area contributed by atoms with Crippen molar-refractivity contribution in [3.05, 3.63) is 0 Å². The zero-order chi connectivity index (χ0) is 24.1. The highest BCUT2D eigenvalue weighted by atomic mass is 28.4. The molecule has 0 saturated heterocycles. The van der Waals surface area contributed by atoms with Crippen LogP contribution in [0, 0.1) is 0 Å². The first-order valence-electron chi connectivity index (χ1n) is 10.2. The summed E-state index contributed by atoms with van der Waals surface area (Å²) in [5, 5.41) is 2.33. The third-order valence-electron chi connectivity index (χ3n) is 4.54. The molecule has 30 heavy (non-hydrogen) atoms. The van der Waals surface area contributed by atoms with Crippen molar-refractivity contribution in [1.29, 1.82) is 0 Å². The Morgan fingerprint density at radius 3 is 1.70 bits per heavy atom. The summed E-state index contributed by atoms with van der Waals surface area (Å²) in [6, 6.07) is -1.23. The average Bonchev–Trinajstić information content (AvgIpc) is 2.46. The van der Waals surface area contributed by atoms with Gasteiger partial charge in [0.05, 0.1) is 19.6 Å². The zero-order valence-electron chi connectivity index (χ0n) is 20.7. The van der Waals surface area contributed by atoms with E-state index < -0.39 is 49.7 Å². The van der Waals surface area contributed by atoms with E-state index >= 15 is 0 Å². The minimum Gasteiger partial charge on any atom is -0.467 e. The molecular formula is C21H41NO7Si. The van der Waals surface area contributed by atoms with E-state index in [1.807, 2.05) is 33.9 Å². The second-order valence-corrected chi connectivity index (χ2v) is 15.6. The van der Waals surface area contributed by atoms with Crippen molar-refractivity contribution in [3.63, 3.8) is 0 Å². The normalized spacial score (nSPS) is 15.1. The van der Waals surface area contributed by atoms with Gasteiger partial charge in [0.15, 0.2) is 14.4 Å². The van der Waals surface area contributed by atoms with Gasteiger partial charge in [0.25, 0.3) is 0 Å². The Morgan fingerprint density at radius 2 is 1.33 bits per heavy atom. The number of amides is 1. The molecule has 0 unspecified atom stereocenters. The Labute approximate surface area is 182 Å². The lowest BCUT2D eigenvalue weighted by molar-refractivity contribution is -0.158. The Kier molecular flexibility index (Phi) is 9.59. The van der Waals surface area contributed by atoms with E-state index in [4.69, 9.17) is 18.6 Å². The SMILES string of the molecule is COC(=O)[C@H](NC(=O)OC(C)(C)C)[C@@H](CC(=O)OC(C)(C)C)O[Si](C)(C)C(C)(C)C. The number of esters is 2. The molecule has 0 aromatic rings. The highest BCUT2D eigenvalue weighted by molar-refractivity contribution is 6.74. The molecule has 0 aliphatic carbocycles. The van der Waals surface area contributed by atoms with Crippen LogP contribution in [-0.4, -0.2) is 56.8 Å². The molecule has 0 aliphatic rings. The molecule has 9 heteroatoms. The predicted molar refractivity (Wildman–Crippen MR) is 118 cm³/mol. The lowest BCUT2D eigenvalue weighted by Gasteiger charge is -2.40. The number of carbonyl (C=O) groups is 3. The number of carbonyl (C=O) groups excluding carboxylic acids is 3. The van der Waals surface area contributed by atoms with Crippen LogP contribution in [0.4, 0.5) is 4.79 Å². The maximum Gasteiger partial charge on any atom is 0.408 e. The van der Waals surface area contributed by atoms with E-state index in [-0.39, 0.29) is 11.5 Å². The lowest BCUT2D eigenvalue weighted by Crippen LogP contribution is -2.56. The molecule has 1 amide bonds. The lowest BCUT2D eigenvalue weighted by atomic mass is 10.1. The largest absolute Gasteiger partial charge is 0.467 e. The van der Waals surface area contributed by atoms with Crippen molar-refractivity contribution < 1.29 is 33.0 Å². The summed E-state index contributed by atoms with van der Waals surface area (Å²) < 4.78 is 21.9. The van der Waals surface area contributed by atoms with Gasteiger partial charge in [0, 0.05) is 0 Å². The molecule has 2 atom stereocenters. The van der Waals surface area contributed by atoms with Crippen LogP contribution >= 0.6 is 0 Å². The Hall–Kier alpha value is -1.61. The Balaban J connectivity index is 5.92. The van der Waals surface area contributed by atoms with Crippen LogP contribution < -0.4 is 5.32 Å². The van der Waals surface area contributed by atoms with Gasteiger partial charge in [-0.2, -0.15) is 0 Å². The molecule has 0 aromatic heterocycles. The number of ether oxygens (including phenoxy) is 3. The van der Waals surface area contributed by atoms with Crippen LogP contribution in [0.5, 0.6) is 0 Å². The quantitative estimate of drug-likeness (QED) is 0.355. The first kappa shape index (κ1) is 28.4. The highest BCUT2D eigenvalue weighted by Gasteiger charge is 2.44. The summed E-state index contributed by atoms with van der Waals surface area (Å²) in [6.07, 6.45) is -1.99. The van der Waals surface area contributed by atoms with Gasteiger partial charge in [-0.05, 0) is 59.7 Å². The maximum atomic E-state index is 12.6. The van der Waals surface area contributed by atoms with Gasteiger partial charge in [-0.25, -0.2) is 9.59 Å². The molecule has 1 N–H and O–H groups in total. The smallest absolute Gasteiger partial charge is 0.408 e. The third-order valence-corrected chi connectivity index (χ3v) is 9.04. The van der Waals surface area contributed by atoms with Gasteiger partial charge in [0.1, 0.15) is 11.2 Å². The van der Waals surface area contributed by atoms with Crippen molar-refractivity contribution in [2.75, 3.05) is 7.11 Å². The fraction of sp³-hybridized carbons (Fsp3) is 0.857. The molecule has 0 fully saturated rings. The molecule has 0 bridgehead atoms. The van der Waals surface area contributed by atoms with E-state index in [1.54, 1.807) is 41.5 Å². The van der Waals surface area contributed by atoms with E-state index in [2.05, 4.69) is 5.32 Å². The molecule has 0 spiro atoms. The average molecular weight is 448 g/mol. The van der Waals surface area contributed by atoms with E-state index in [9.17, 15) is 14.4 Å². The van der Waals surface area contributed by atoms with Crippen LogP contribution in [0.2, 0.25) is 18.1 Å². The summed E-state index contributed by atoms with van der Waals surface area (Å²) in [4.78, 5) is 37.5. The van der Waals surface area contributed by atoms with Crippen molar-refractivity contribution in [2.24, 2.45) is 0 Å². The predicted octanol–water partition coefficient (Wildman–Crippen LogP) is 4.17. The molecule has 0 saturated carbocycles. The van der Waals surface area contributed by atoms with E-state index in [0.717, 1.165) is 0 Å². The molecule has 0 radical (unpaired) electrons. The second-order valence-electron chi connectivity index (χ2n) is 10.9. The van der Waals surface area contributed by atoms with Crippen LogP contribution in [0.25, 0.3) is 0 Å². The topological polar surface area (TPSA) is 100 Å². The van der Waals surface area contributed by atoms with Crippen LogP contribution in [-0.2, 0) is 28.2 Å². The van der Waals surface area contributed by atoms with Gasteiger partial charge < -0.3 is 24.0 Å². The maximum absolute atomic E-state index is 12.6. The van der Waals surface area contributed by atoms with E-state index in [1.165, 1.54) is 7.11 Å². The zero-order valence-corrected chi connectivity index (χ0v) is 21.7. The Morgan fingerprint density at radius 1 is 0.867 bits per heavy atom. The first-order chi connectivity index (χ1) is 13.2. The fourth-order valence-electron chi connectivity index (χ4n) is 2.20. The number of nitrogens with one attached hydrogen (secondary N) is 1. The standard InChI is InChI=1S/C21H41NO7Si/c1-19(2,3)27-15(23)13-14(29-30(11,12)21(7,8)9)16(17(24)26-10)22-18(25)28-20(4,5)6/h14,16H,13H2,1-12H3,(H,22,25)/t14-,16-/m1/s1. The van der Waals surface area contributed by atoms with Crippen molar-refractivity contribution in [2.45, 2.75) is 110 Å². The van der Waals surface area contributed by atoms with E-state index in [0.29, 0.717) is 0 Å². The van der Waals surface area contributed by atoms with Gasteiger partial charge in [-0.1, -0.05) is 20.8 Å². The van der Waals surface area contributed by atoms with Crippen LogP contribution in [0.15, 0.2) is 0 Å². The number of hydrogen-bond donors (Lipinski definition) is 1. The number of hydrogen-bond acceptors (Lipinski definition) is 7. The summed E-state index contributed by atoms with van der Waals surface area (Å²) in [5.41, 5.74) is -1.45. The minimum absolute atomic E-state index is 0.189. The molecule has 176 valence electrons. The first-order valence-corrected chi connectivity index (χ1v) is 13.1. The highest BCUT2D eigenvalue weighted by Crippen LogP contribution is 2.38. The molecule has 0 aromatic carbocycles. The second kappa shape index (κ2) is 10.1. The number of methoxy groups -OCH3 is 1. The molecule has 0 heterocycles. The molecule has 0 rings (SSSR count). The Bertz CT molecular complexity index is 612. The number of rotatable bonds is 7. The molecule has 0 aliphatic heterocycles. The van der Waals surface area contributed by atoms with Crippen LogP contribution in [0.1, 0.15) is 68.7 Å².